The number of carbonyl (C=O) groups is 1. The second-order valence-corrected chi connectivity index (χ2v) is 11.3. The van der Waals surface area contributed by atoms with Gasteiger partial charge < -0.3 is 9.84 Å². The quantitative estimate of drug-likeness (QED) is 0.318. The fourth-order valence-electron chi connectivity index (χ4n) is 5.00. The van der Waals surface area contributed by atoms with Crippen LogP contribution < -0.4 is 0 Å². The Hall–Kier alpha value is -1.43. The summed E-state index contributed by atoms with van der Waals surface area (Å²) in [5.41, 5.74) is 2.57. The fourth-order valence-corrected chi connectivity index (χ4v) is 5.00. The van der Waals surface area contributed by atoms with Crippen LogP contribution in [0.15, 0.2) is 0 Å². The van der Waals surface area contributed by atoms with Gasteiger partial charge in [0, 0.05) is 25.0 Å². The molecule has 182 valence electrons. The Morgan fingerprint density at radius 1 is 1.22 bits per heavy atom. The minimum absolute atomic E-state index is 0.0672. The maximum atomic E-state index is 11.6. The Morgan fingerprint density at radius 3 is 2.50 bits per heavy atom. The number of hydrogen-bond acceptors (Lipinski definition) is 4. The van der Waals surface area contributed by atoms with Gasteiger partial charge in [-0.25, -0.2) is 4.68 Å². The van der Waals surface area contributed by atoms with Gasteiger partial charge in [-0.3, -0.25) is 4.79 Å². The largest absolute Gasteiger partial charge is 0.481 e. The molecule has 0 unspecified atom stereocenters. The SMILES string of the molecule is CCCCOCCC[C@@H](CC(=O)O)c1nnn([C@H]2C[C@@H](CC(C)(C)C(C)C)C2)c1C1CC1. The average Bonchev–Trinajstić information content (AvgIpc) is 3.44. The Balaban J connectivity index is 1.64. The summed E-state index contributed by atoms with van der Waals surface area (Å²) in [5.74, 6) is 1.14. The first-order valence-electron chi connectivity index (χ1n) is 13.0. The van der Waals surface area contributed by atoms with Gasteiger partial charge in [0.05, 0.1) is 23.9 Å². The van der Waals surface area contributed by atoms with Gasteiger partial charge in [0.1, 0.15) is 0 Å². The van der Waals surface area contributed by atoms with Crippen LogP contribution in [-0.4, -0.2) is 39.3 Å². The molecule has 2 saturated carbocycles. The summed E-state index contributed by atoms with van der Waals surface area (Å²) in [4.78, 5) is 11.6. The van der Waals surface area contributed by atoms with Gasteiger partial charge in [-0.2, -0.15) is 0 Å². The molecule has 1 heterocycles. The van der Waals surface area contributed by atoms with Crippen molar-refractivity contribution >= 4 is 5.97 Å². The van der Waals surface area contributed by atoms with Gasteiger partial charge >= 0.3 is 5.97 Å². The summed E-state index contributed by atoms with van der Waals surface area (Å²) in [7, 11) is 0. The van der Waals surface area contributed by atoms with Gasteiger partial charge in [-0.1, -0.05) is 46.3 Å². The van der Waals surface area contributed by atoms with Crippen molar-refractivity contribution in [3.8, 4) is 0 Å². The van der Waals surface area contributed by atoms with E-state index >= 15 is 0 Å². The molecule has 1 aromatic rings. The van der Waals surface area contributed by atoms with Crippen LogP contribution in [-0.2, 0) is 9.53 Å². The Morgan fingerprint density at radius 2 is 1.91 bits per heavy atom. The molecule has 6 nitrogen and oxygen atoms in total. The highest BCUT2D eigenvalue weighted by Gasteiger charge is 2.41. The number of unbranched alkanes of at least 4 members (excludes halogenated alkanes) is 1. The van der Waals surface area contributed by atoms with Crippen LogP contribution in [0.5, 0.6) is 0 Å². The van der Waals surface area contributed by atoms with Crippen molar-refractivity contribution in [2.75, 3.05) is 13.2 Å². The van der Waals surface area contributed by atoms with E-state index in [1.165, 1.54) is 37.8 Å². The maximum Gasteiger partial charge on any atom is 0.304 e. The highest BCUT2D eigenvalue weighted by atomic mass is 16.5. The molecule has 0 aliphatic heterocycles. The van der Waals surface area contributed by atoms with E-state index in [0.29, 0.717) is 29.9 Å². The van der Waals surface area contributed by atoms with E-state index in [1.54, 1.807) is 0 Å². The van der Waals surface area contributed by atoms with E-state index < -0.39 is 5.97 Å². The summed E-state index contributed by atoms with van der Waals surface area (Å²) in [5, 5.41) is 18.7. The minimum atomic E-state index is -0.752. The highest BCUT2D eigenvalue weighted by Crippen LogP contribution is 2.50. The number of rotatable bonds is 15. The van der Waals surface area contributed by atoms with Gasteiger partial charge in [-0.05, 0) is 68.6 Å². The number of ether oxygens (including phenoxy) is 1. The van der Waals surface area contributed by atoms with Crippen LogP contribution in [0.25, 0.3) is 0 Å². The molecule has 0 spiro atoms. The van der Waals surface area contributed by atoms with E-state index in [1.807, 2.05) is 0 Å². The van der Waals surface area contributed by atoms with Crippen LogP contribution in [0.4, 0.5) is 0 Å². The first kappa shape index (κ1) is 25.2. The third-order valence-electron chi connectivity index (χ3n) is 7.95. The van der Waals surface area contributed by atoms with Crippen molar-refractivity contribution in [1.29, 1.82) is 0 Å². The molecule has 1 atom stereocenters. The lowest BCUT2D eigenvalue weighted by atomic mass is 9.67. The summed E-state index contributed by atoms with van der Waals surface area (Å²) < 4.78 is 7.90. The van der Waals surface area contributed by atoms with Gasteiger partial charge in [-0.15, -0.1) is 5.10 Å². The lowest BCUT2D eigenvalue weighted by Gasteiger charge is -2.42. The number of hydrogen-bond donors (Lipinski definition) is 1. The van der Waals surface area contributed by atoms with Gasteiger partial charge in [0.15, 0.2) is 0 Å². The number of nitrogens with zero attached hydrogens (tertiary/aromatic N) is 3. The van der Waals surface area contributed by atoms with Crippen molar-refractivity contribution in [3.63, 3.8) is 0 Å². The van der Waals surface area contributed by atoms with E-state index in [-0.39, 0.29) is 12.3 Å². The number of aliphatic carboxylic acids is 1. The van der Waals surface area contributed by atoms with Crippen LogP contribution in [0.3, 0.4) is 0 Å². The Bertz CT molecular complexity index is 733. The van der Waals surface area contributed by atoms with Gasteiger partial charge in [0.2, 0.25) is 0 Å². The zero-order valence-corrected chi connectivity index (χ0v) is 21.0. The van der Waals surface area contributed by atoms with E-state index in [9.17, 15) is 9.90 Å². The van der Waals surface area contributed by atoms with E-state index in [4.69, 9.17) is 4.74 Å². The van der Waals surface area contributed by atoms with Crippen LogP contribution >= 0.6 is 0 Å². The number of carboxylic acids is 1. The Kier molecular flexibility index (Phi) is 8.76. The zero-order chi connectivity index (χ0) is 23.3. The number of carboxylic acid groups (broad SMARTS) is 1. The molecule has 3 rings (SSSR count). The van der Waals surface area contributed by atoms with E-state index in [2.05, 4.69) is 49.6 Å². The standard InChI is InChI=1S/C26H45N3O3/c1-6-7-12-32-13-8-9-21(16-23(30)31)24-25(20-10-11-20)29(28-27-24)22-14-19(15-22)17-26(4,5)18(2)3/h18-22H,6-17H2,1-5H3,(H,30,31)/t19-,21-,22+/m0/s1. The lowest BCUT2D eigenvalue weighted by Crippen LogP contribution is -2.33. The number of aromatic nitrogens is 3. The Labute approximate surface area is 194 Å². The molecule has 1 aromatic heterocycles. The van der Waals surface area contributed by atoms with Crippen LogP contribution in [0.1, 0.15) is 128 Å². The topological polar surface area (TPSA) is 77.2 Å². The molecule has 0 aromatic carbocycles. The molecule has 2 fully saturated rings. The molecule has 2 aliphatic carbocycles. The molecule has 0 saturated heterocycles. The first-order chi connectivity index (χ1) is 15.2. The van der Waals surface area contributed by atoms with Crippen molar-refractivity contribution in [1.82, 2.24) is 15.0 Å². The summed E-state index contributed by atoms with van der Waals surface area (Å²) in [6, 6.07) is 0.433. The normalized spacial score (nSPS) is 22.2. The molecule has 0 bridgehead atoms. The summed E-state index contributed by atoms with van der Waals surface area (Å²) in [6.07, 6.45) is 9.97. The minimum Gasteiger partial charge on any atom is -0.481 e. The second-order valence-electron chi connectivity index (χ2n) is 11.3. The van der Waals surface area contributed by atoms with Crippen molar-refractivity contribution < 1.29 is 14.6 Å². The third-order valence-corrected chi connectivity index (χ3v) is 7.95. The highest BCUT2D eigenvalue weighted by molar-refractivity contribution is 5.68. The predicted molar refractivity (Wildman–Crippen MR) is 127 cm³/mol. The fraction of sp³-hybridized carbons (Fsp3) is 0.885. The average molecular weight is 448 g/mol. The molecule has 0 radical (unpaired) electrons. The lowest BCUT2D eigenvalue weighted by molar-refractivity contribution is -0.137. The first-order valence-corrected chi connectivity index (χ1v) is 13.0. The summed E-state index contributed by atoms with van der Waals surface area (Å²) in [6.45, 7) is 13.1. The second kappa shape index (κ2) is 11.1. The van der Waals surface area contributed by atoms with Crippen molar-refractivity contribution in [2.24, 2.45) is 17.3 Å². The molecule has 2 aliphatic rings. The third kappa shape index (κ3) is 6.55. The monoisotopic (exact) mass is 447 g/mol. The predicted octanol–water partition coefficient (Wildman–Crippen LogP) is 6.33. The molecule has 0 amide bonds. The van der Waals surface area contributed by atoms with Crippen LogP contribution in [0.2, 0.25) is 0 Å². The summed E-state index contributed by atoms with van der Waals surface area (Å²) >= 11 is 0. The van der Waals surface area contributed by atoms with Crippen molar-refractivity contribution in [3.05, 3.63) is 11.4 Å². The molecule has 6 heteroatoms. The molecule has 32 heavy (non-hydrogen) atoms. The molecule has 1 N–H and O–H groups in total. The smallest absolute Gasteiger partial charge is 0.304 e. The zero-order valence-electron chi connectivity index (χ0n) is 21.0. The molecular formula is C26H45N3O3. The molecular weight excluding hydrogens is 402 g/mol. The van der Waals surface area contributed by atoms with Gasteiger partial charge in [0.25, 0.3) is 0 Å². The maximum absolute atomic E-state index is 11.6. The van der Waals surface area contributed by atoms with Crippen LogP contribution in [0, 0.1) is 17.3 Å². The van der Waals surface area contributed by atoms with Crippen molar-refractivity contribution in [2.45, 2.75) is 117 Å². The van der Waals surface area contributed by atoms with E-state index in [0.717, 1.165) is 43.9 Å².